The number of carbonyl (C=O) groups excluding carboxylic acids is 2. The van der Waals surface area contributed by atoms with E-state index >= 15 is 0 Å². The zero-order valence-corrected chi connectivity index (χ0v) is 10.6. The molecule has 0 radical (unpaired) electrons. The number of esters is 1. The Morgan fingerprint density at radius 1 is 1.33 bits per heavy atom. The van der Waals surface area contributed by atoms with E-state index < -0.39 is 27.9 Å². The predicted molar refractivity (Wildman–Crippen MR) is 61.3 cm³/mol. The van der Waals surface area contributed by atoms with Crippen molar-refractivity contribution in [3.05, 3.63) is 29.8 Å². The van der Waals surface area contributed by atoms with E-state index in [1.165, 1.54) is 25.1 Å². The second-order valence-electron chi connectivity index (χ2n) is 3.80. The first kappa shape index (κ1) is 12.6. The smallest absolute Gasteiger partial charge is 0.329 e. The lowest BCUT2D eigenvalue weighted by atomic mass is 10.2. The van der Waals surface area contributed by atoms with Gasteiger partial charge in [-0.3, -0.25) is 4.79 Å². The first-order valence-corrected chi connectivity index (χ1v) is 6.61. The topological polar surface area (TPSA) is 80.8 Å². The number of carbonyl (C=O) groups is 2. The van der Waals surface area contributed by atoms with E-state index in [1.54, 1.807) is 6.07 Å². The molecule has 0 fully saturated rings. The Kier molecular flexibility index (Phi) is 2.86. The molecule has 1 aliphatic rings. The van der Waals surface area contributed by atoms with Crippen LogP contribution in [0.25, 0.3) is 0 Å². The second kappa shape index (κ2) is 4.09. The minimum Gasteiger partial charge on any atom is -0.467 e. The molecular formula is C11H11NO5S. The lowest BCUT2D eigenvalue weighted by molar-refractivity contribution is -0.144. The molecule has 0 spiro atoms. The normalized spacial score (nSPS) is 18.3. The summed E-state index contributed by atoms with van der Waals surface area (Å²) in [6.07, 6.45) is 0. The molecule has 1 amide bonds. The van der Waals surface area contributed by atoms with Gasteiger partial charge in [-0.1, -0.05) is 12.1 Å². The monoisotopic (exact) mass is 269 g/mol. The maximum Gasteiger partial charge on any atom is 0.329 e. The molecule has 0 aliphatic carbocycles. The van der Waals surface area contributed by atoms with Crippen molar-refractivity contribution in [2.24, 2.45) is 0 Å². The molecule has 1 aromatic rings. The van der Waals surface area contributed by atoms with Gasteiger partial charge in [0.05, 0.1) is 12.7 Å². The van der Waals surface area contributed by atoms with Crippen LogP contribution in [0.2, 0.25) is 0 Å². The van der Waals surface area contributed by atoms with E-state index in [0.29, 0.717) is 4.31 Å². The third-order valence-corrected chi connectivity index (χ3v) is 4.66. The lowest BCUT2D eigenvalue weighted by Gasteiger charge is -2.20. The summed E-state index contributed by atoms with van der Waals surface area (Å²) in [6.45, 7) is 1.31. The number of ether oxygens (including phenoxy) is 1. The molecule has 1 aliphatic heterocycles. The van der Waals surface area contributed by atoms with Crippen LogP contribution < -0.4 is 0 Å². The van der Waals surface area contributed by atoms with Crippen LogP contribution in [0.3, 0.4) is 0 Å². The summed E-state index contributed by atoms with van der Waals surface area (Å²) < 4.78 is 29.3. The number of methoxy groups -OCH3 is 1. The van der Waals surface area contributed by atoms with Crippen molar-refractivity contribution in [1.29, 1.82) is 0 Å². The van der Waals surface area contributed by atoms with Crippen LogP contribution >= 0.6 is 0 Å². The van der Waals surface area contributed by atoms with Gasteiger partial charge in [0.1, 0.15) is 10.9 Å². The van der Waals surface area contributed by atoms with Gasteiger partial charge >= 0.3 is 5.97 Å². The summed E-state index contributed by atoms with van der Waals surface area (Å²) >= 11 is 0. The van der Waals surface area contributed by atoms with E-state index in [0.717, 1.165) is 7.11 Å². The van der Waals surface area contributed by atoms with Crippen LogP contribution in [0.4, 0.5) is 0 Å². The van der Waals surface area contributed by atoms with Gasteiger partial charge in [-0.25, -0.2) is 17.5 Å². The van der Waals surface area contributed by atoms with Gasteiger partial charge in [0, 0.05) is 0 Å². The molecule has 2 rings (SSSR count). The molecule has 0 unspecified atom stereocenters. The number of hydrogen-bond acceptors (Lipinski definition) is 5. The van der Waals surface area contributed by atoms with Gasteiger partial charge in [-0.05, 0) is 19.1 Å². The number of hydrogen-bond donors (Lipinski definition) is 0. The zero-order valence-electron chi connectivity index (χ0n) is 9.78. The first-order valence-electron chi connectivity index (χ1n) is 5.17. The van der Waals surface area contributed by atoms with Crippen molar-refractivity contribution in [2.45, 2.75) is 17.9 Å². The van der Waals surface area contributed by atoms with Crippen molar-refractivity contribution in [2.75, 3.05) is 7.11 Å². The molecule has 1 aromatic carbocycles. The summed E-state index contributed by atoms with van der Waals surface area (Å²) in [5.41, 5.74) is 0.0771. The second-order valence-corrected chi connectivity index (χ2v) is 5.58. The standard InChI is InChI=1S/C11H11NO5S/c1-7(11(14)17-2)12-10(13)8-5-3-4-6-9(8)18(12,15)16/h3-7H,1-2H3/t7-/m0/s1. The van der Waals surface area contributed by atoms with E-state index in [4.69, 9.17) is 0 Å². The fraction of sp³-hybridized carbons (Fsp3) is 0.273. The number of benzene rings is 1. The summed E-state index contributed by atoms with van der Waals surface area (Å²) in [6, 6.07) is 4.67. The molecule has 18 heavy (non-hydrogen) atoms. The van der Waals surface area contributed by atoms with E-state index in [9.17, 15) is 18.0 Å². The van der Waals surface area contributed by atoms with Gasteiger partial charge in [-0.15, -0.1) is 0 Å². The first-order chi connectivity index (χ1) is 8.41. The molecule has 7 heteroatoms. The van der Waals surface area contributed by atoms with Gasteiger partial charge in [0.15, 0.2) is 0 Å². The number of nitrogens with zero attached hydrogens (tertiary/aromatic N) is 1. The molecule has 96 valence electrons. The molecular weight excluding hydrogens is 258 g/mol. The largest absolute Gasteiger partial charge is 0.467 e. The number of rotatable bonds is 2. The van der Waals surface area contributed by atoms with Crippen LogP contribution in [0, 0.1) is 0 Å². The van der Waals surface area contributed by atoms with Crippen LogP contribution in [-0.2, 0) is 19.6 Å². The number of amides is 1. The molecule has 0 saturated carbocycles. The number of fused-ring (bicyclic) bond motifs is 1. The molecule has 0 aromatic heterocycles. The summed E-state index contributed by atoms with van der Waals surface area (Å²) in [4.78, 5) is 23.3. The van der Waals surface area contributed by atoms with Crippen LogP contribution in [0.5, 0.6) is 0 Å². The Balaban J connectivity index is 2.55. The molecule has 6 nitrogen and oxygen atoms in total. The zero-order chi connectivity index (χ0) is 13.5. The maximum absolute atomic E-state index is 12.2. The van der Waals surface area contributed by atoms with Crippen LogP contribution in [0.1, 0.15) is 17.3 Å². The number of sulfonamides is 1. The Morgan fingerprint density at radius 2 is 1.94 bits per heavy atom. The molecule has 0 saturated heterocycles. The average Bonchev–Trinajstić information content (AvgIpc) is 2.56. The highest BCUT2D eigenvalue weighted by molar-refractivity contribution is 7.90. The quantitative estimate of drug-likeness (QED) is 0.726. The van der Waals surface area contributed by atoms with Crippen molar-refractivity contribution in [1.82, 2.24) is 4.31 Å². The molecule has 0 bridgehead atoms. The molecule has 1 atom stereocenters. The van der Waals surface area contributed by atoms with Crippen molar-refractivity contribution < 1.29 is 22.7 Å². The lowest BCUT2D eigenvalue weighted by Crippen LogP contribution is -2.43. The van der Waals surface area contributed by atoms with E-state index in [-0.39, 0.29) is 10.5 Å². The third kappa shape index (κ3) is 1.59. The third-order valence-electron chi connectivity index (χ3n) is 2.75. The Hall–Kier alpha value is -1.89. The molecule has 0 N–H and O–H groups in total. The minimum atomic E-state index is -3.97. The van der Waals surface area contributed by atoms with E-state index in [1.807, 2.05) is 0 Å². The SMILES string of the molecule is COC(=O)[C@H](C)N1C(=O)c2ccccc2S1(=O)=O. The van der Waals surface area contributed by atoms with Gasteiger partial charge in [-0.2, -0.15) is 0 Å². The van der Waals surface area contributed by atoms with Crippen molar-refractivity contribution in [3.63, 3.8) is 0 Å². The Morgan fingerprint density at radius 3 is 2.50 bits per heavy atom. The minimum absolute atomic E-state index is 0.0771. The van der Waals surface area contributed by atoms with Gasteiger partial charge < -0.3 is 4.74 Å². The van der Waals surface area contributed by atoms with Crippen molar-refractivity contribution >= 4 is 21.9 Å². The predicted octanol–water partition coefficient (Wildman–Crippen LogP) is 0.393. The maximum atomic E-state index is 12.2. The Bertz CT molecular complexity index is 622. The highest BCUT2D eigenvalue weighted by Crippen LogP contribution is 2.31. The highest BCUT2D eigenvalue weighted by Gasteiger charge is 2.45. The highest BCUT2D eigenvalue weighted by atomic mass is 32.2. The fourth-order valence-electron chi connectivity index (χ4n) is 1.85. The van der Waals surface area contributed by atoms with Crippen LogP contribution in [0.15, 0.2) is 29.2 Å². The average molecular weight is 269 g/mol. The summed E-state index contributed by atoms with van der Waals surface area (Å²) in [5.74, 6) is -1.48. The van der Waals surface area contributed by atoms with Crippen molar-refractivity contribution in [3.8, 4) is 0 Å². The summed E-state index contributed by atoms with van der Waals surface area (Å²) in [7, 11) is -2.83. The van der Waals surface area contributed by atoms with Gasteiger partial charge in [0.25, 0.3) is 15.9 Å². The van der Waals surface area contributed by atoms with Crippen LogP contribution in [-0.4, -0.2) is 37.8 Å². The fourth-order valence-corrected chi connectivity index (χ4v) is 3.57. The summed E-state index contributed by atoms with van der Waals surface area (Å²) in [5, 5.41) is 0. The van der Waals surface area contributed by atoms with Gasteiger partial charge in [0.2, 0.25) is 0 Å². The van der Waals surface area contributed by atoms with E-state index in [2.05, 4.69) is 4.74 Å². The Labute approximate surface area is 104 Å². The molecule has 1 heterocycles.